The van der Waals surface area contributed by atoms with Crippen molar-refractivity contribution in [2.24, 2.45) is 5.92 Å². The largest absolute Gasteiger partial charge is 0.396 e. The zero-order valence-electron chi connectivity index (χ0n) is 6.87. The van der Waals surface area contributed by atoms with E-state index in [9.17, 15) is 0 Å². The Labute approximate surface area is 67.6 Å². The zero-order valence-corrected chi connectivity index (χ0v) is 6.87. The van der Waals surface area contributed by atoms with Gasteiger partial charge in [0.1, 0.15) is 0 Å². The summed E-state index contributed by atoms with van der Waals surface area (Å²) < 4.78 is 0. The molecule has 0 aliphatic carbocycles. The molecule has 3 nitrogen and oxygen atoms in total. The van der Waals surface area contributed by atoms with E-state index in [1.165, 1.54) is 0 Å². The molecule has 0 spiro atoms. The molecule has 1 unspecified atom stereocenters. The van der Waals surface area contributed by atoms with Crippen molar-refractivity contribution in [3.05, 3.63) is 0 Å². The van der Waals surface area contributed by atoms with Gasteiger partial charge in [-0.3, -0.25) is 0 Å². The van der Waals surface area contributed by atoms with E-state index in [4.69, 9.17) is 10.2 Å². The number of nitrogens with zero attached hydrogens (tertiary/aromatic N) is 1. The van der Waals surface area contributed by atoms with E-state index in [2.05, 4.69) is 4.90 Å². The molecule has 3 heteroatoms. The maximum absolute atomic E-state index is 8.83. The van der Waals surface area contributed by atoms with E-state index < -0.39 is 0 Å². The van der Waals surface area contributed by atoms with Gasteiger partial charge in [0.25, 0.3) is 0 Å². The van der Waals surface area contributed by atoms with Crippen LogP contribution in [0, 0.1) is 5.92 Å². The molecule has 1 rings (SSSR count). The van der Waals surface area contributed by atoms with E-state index in [1.54, 1.807) is 0 Å². The fraction of sp³-hybridized carbons (Fsp3) is 1.00. The van der Waals surface area contributed by atoms with Gasteiger partial charge in [-0.25, -0.2) is 0 Å². The number of aliphatic hydroxyl groups is 2. The zero-order chi connectivity index (χ0) is 8.10. The molecule has 0 amide bonds. The first-order valence-electron chi connectivity index (χ1n) is 4.31. The lowest BCUT2D eigenvalue weighted by Gasteiger charge is -2.13. The van der Waals surface area contributed by atoms with Crippen molar-refractivity contribution in [2.75, 3.05) is 32.8 Å². The smallest absolute Gasteiger partial charge is 0.0471 e. The van der Waals surface area contributed by atoms with Crippen LogP contribution in [-0.4, -0.2) is 48.0 Å². The molecule has 0 aromatic carbocycles. The lowest BCUT2D eigenvalue weighted by atomic mass is 10.1. The summed E-state index contributed by atoms with van der Waals surface area (Å²) in [5.41, 5.74) is 0. The maximum atomic E-state index is 8.83. The van der Waals surface area contributed by atoms with Crippen molar-refractivity contribution in [3.8, 4) is 0 Å². The van der Waals surface area contributed by atoms with Gasteiger partial charge >= 0.3 is 0 Å². The summed E-state index contributed by atoms with van der Waals surface area (Å²) in [5.74, 6) is 0.480. The van der Waals surface area contributed by atoms with E-state index in [0.717, 1.165) is 32.5 Å². The Morgan fingerprint density at radius 1 is 1.36 bits per heavy atom. The number of hydrogen-bond acceptors (Lipinski definition) is 3. The number of hydrogen-bond donors (Lipinski definition) is 2. The van der Waals surface area contributed by atoms with Crippen LogP contribution in [0.3, 0.4) is 0 Å². The van der Waals surface area contributed by atoms with Gasteiger partial charge < -0.3 is 15.1 Å². The average Bonchev–Trinajstić information content (AvgIpc) is 2.48. The molecule has 0 bridgehead atoms. The lowest BCUT2D eigenvalue weighted by Crippen LogP contribution is -2.23. The molecule has 1 saturated heterocycles. The first-order chi connectivity index (χ1) is 5.36. The molecule has 0 aromatic heterocycles. The van der Waals surface area contributed by atoms with Crippen LogP contribution in [-0.2, 0) is 0 Å². The Kier molecular flexibility index (Phi) is 3.83. The normalized spacial score (nSPS) is 26.2. The van der Waals surface area contributed by atoms with Crippen LogP contribution >= 0.6 is 0 Å². The fourth-order valence-electron chi connectivity index (χ4n) is 1.56. The molecular formula is C8H17NO2. The minimum Gasteiger partial charge on any atom is -0.396 e. The third kappa shape index (κ3) is 2.77. The minimum absolute atomic E-state index is 0.278. The monoisotopic (exact) mass is 159 g/mol. The molecule has 66 valence electrons. The predicted molar refractivity (Wildman–Crippen MR) is 43.3 cm³/mol. The van der Waals surface area contributed by atoms with Crippen molar-refractivity contribution >= 4 is 0 Å². The third-order valence-electron chi connectivity index (χ3n) is 2.26. The van der Waals surface area contributed by atoms with E-state index in [1.807, 2.05) is 0 Å². The van der Waals surface area contributed by atoms with Crippen LogP contribution in [0.5, 0.6) is 0 Å². The lowest BCUT2D eigenvalue weighted by molar-refractivity contribution is 0.212. The molecule has 1 aliphatic heterocycles. The fourth-order valence-corrected chi connectivity index (χ4v) is 1.56. The average molecular weight is 159 g/mol. The molecule has 11 heavy (non-hydrogen) atoms. The van der Waals surface area contributed by atoms with Crippen molar-refractivity contribution in [3.63, 3.8) is 0 Å². The molecule has 1 heterocycles. The van der Waals surface area contributed by atoms with Gasteiger partial charge in [-0.15, -0.1) is 0 Å². The summed E-state index contributed by atoms with van der Waals surface area (Å²) >= 11 is 0. The highest BCUT2D eigenvalue weighted by atomic mass is 16.3. The number of likely N-dealkylation sites (tertiary alicyclic amines) is 1. The highest BCUT2D eigenvalue weighted by molar-refractivity contribution is 4.74. The third-order valence-corrected chi connectivity index (χ3v) is 2.26. The van der Waals surface area contributed by atoms with Crippen LogP contribution in [0.2, 0.25) is 0 Å². The SMILES string of the molecule is OCCCN1CCC(CO)C1. The highest BCUT2D eigenvalue weighted by Gasteiger charge is 2.20. The second-order valence-electron chi connectivity index (χ2n) is 3.22. The Bertz CT molecular complexity index is 108. The molecule has 2 N–H and O–H groups in total. The van der Waals surface area contributed by atoms with E-state index in [-0.39, 0.29) is 6.61 Å². The van der Waals surface area contributed by atoms with Gasteiger partial charge in [-0.2, -0.15) is 0 Å². The minimum atomic E-state index is 0.278. The van der Waals surface area contributed by atoms with Gasteiger partial charge in [0.15, 0.2) is 0 Å². The quantitative estimate of drug-likeness (QED) is 0.591. The summed E-state index contributed by atoms with van der Waals surface area (Å²) in [6.07, 6.45) is 1.97. The first kappa shape index (κ1) is 8.97. The molecule has 0 radical (unpaired) electrons. The molecule has 1 atom stereocenters. The van der Waals surface area contributed by atoms with Gasteiger partial charge in [0, 0.05) is 26.3 Å². The van der Waals surface area contributed by atoms with Crippen LogP contribution in [0.1, 0.15) is 12.8 Å². The van der Waals surface area contributed by atoms with Crippen LogP contribution < -0.4 is 0 Å². The molecule has 0 aromatic rings. The number of aliphatic hydroxyl groups excluding tert-OH is 2. The standard InChI is InChI=1S/C8H17NO2/c10-5-1-3-9-4-2-8(6-9)7-11/h8,10-11H,1-7H2. The highest BCUT2D eigenvalue weighted by Crippen LogP contribution is 2.14. The van der Waals surface area contributed by atoms with Crippen molar-refractivity contribution in [1.82, 2.24) is 4.90 Å². The van der Waals surface area contributed by atoms with Gasteiger partial charge in [0.2, 0.25) is 0 Å². The summed E-state index contributed by atoms with van der Waals surface area (Å²) in [6.45, 7) is 3.67. The summed E-state index contributed by atoms with van der Waals surface area (Å²) in [7, 11) is 0. The second-order valence-corrected chi connectivity index (χ2v) is 3.22. The molecular weight excluding hydrogens is 142 g/mol. The van der Waals surface area contributed by atoms with Gasteiger partial charge in [-0.05, 0) is 25.3 Å². The number of rotatable bonds is 4. The Morgan fingerprint density at radius 3 is 2.73 bits per heavy atom. The maximum Gasteiger partial charge on any atom is 0.0471 e. The van der Waals surface area contributed by atoms with Gasteiger partial charge in [-0.1, -0.05) is 0 Å². The van der Waals surface area contributed by atoms with E-state index in [0.29, 0.717) is 12.5 Å². The van der Waals surface area contributed by atoms with Crippen LogP contribution in [0.25, 0.3) is 0 Å². The summed E-state index contributed by atoms with van der Waals surface area (Å²) in [4.78, 5) is 2.30. The summed E-state index contributed by atoms with van der Waals surface area (Å²) in [5, 5.41) is 17.4. The Balaban J connectivity index is 2.09. The van der Waals surface area contributed by atoms with Crippen LogP contribution in [0.4, 0.5) is 0 Å². The van der Waals surface area contributed by atoms with Gasteiger partial charge in [0.05, 0.1) is 0 Å². The van der Waals surface area contributed by atoms with Crippen molar-refractivity contribution in [1.29, 1.82) is 0 Å². The van der Waals surface area contributed by atoms with Crippen molar-refractivity contribution < 1.29 is 10.2 Å². The molecule has 1 fully saturated rings. The first-order valence-corrected chi connectivity index (χ1v) is 4.31. The summed E-state index contributed by atoms with van der Waals surface area (Å²) in [6, 6.07) is 0. The molecule has 1 aliphatic rings. The van der Waals surface area contributed by atoms with Crippen molar-refractivity contribution in [2.45, 2.75) is 12.8 Å². The Hall–Kier alpha value is -0.120. The topological polar surface area (TPSA) is 43.7 Å². The Morgan fingerprint density at radius 2 is 2.18 bits per heavy atom. The van der Waals surface area contributed by atoms with E-state index >= 15 is 0 Å². The van der Waals surface area contributed by atoms with Crippen LogP contribution in [0.15, 0.2) is 0 Å². The second kappa shape index (κ2) is 4.70. The molecule has 0 saturated carbocycles. The predicted octanol–water partition coefficient (Wildman–Crippen LogP) is -0.317.